The van der Waals surface area contributed by atoms with E-state index in [4.69, 9.17) is 0 Å². The van der Waals surface area contributed by atoms with E-state index in [0.717, 1.165) is 24.2 Å². The molecular formula is C19H19N5O2. The van der Waals surface area contributed by atoms with Crippen LogP contribution in [0.25, 0.3) is 10.8 Å². The minimum Gasteiger partial charge on any atom is -0.353 e. The Morgan fingerprint density at radius 1 is 1.04 bits per heavy atom. The van der Waals surface area contributed by atoms with E-state index in [1.165, 1.54) is 0 Å². The van der Waals surface area contributed by atoms with Gasteiger partial charge in [0.2, 0.25) is 0 Å². The van der Waals surface area contributed by atoms with Crippen molar-refractivity contribution in [2.24, 2.45) is 0 Å². The zero-order valence-electron chi connectivity index (χ0n) is 14.3. The van der Waals surface area contributed by atoms with Gasteiger partial charge >= 0.3 is 0 Å². The van der Waals surface area contributed by atoms with Gasteiger partial charge in [-0.2, -0.15) is 5.10 Å². The molecule has 1 aliphatic heterocycles. The summed E-state index contributed by atoms with van der Waals surface area (Å²) in [6, 6.07) is 12.8. The van der Waals surface area contributed by atoms with Crippen LogP contribution < -0.4 is 10.5 Å². The number of carbonyl (C=O) groups is 1. The average Bonchev–Trinajstić information content (AvgIpc) is 2.94. The summed E-state index contributed by atoms with van der Waals surface area (Å²) in [7, 11) is 0. The van der Waals surface area contributed by atoms with Crippen molar-refractivity contribution in [2.45, 2.75) is 6.42 Å². The molecule has 3 heterocycles. The predicted molar refractivity (Wildman–Crippen MR) is 99.3 cm³/mol. The number of fused-ring (bicyclic) bond motifs is 1. The number of hydrogen-bond acceptors (Lipinski definition) is 5. The maximum Gasteiger partial charge on any atom is 0.270 e. The lowest BCUT2D eigenvalue weighted by atomic mass is 10.1. The number of nitrogens with one attached hydrogen (secondary N) is 1. The number of rotatable bonds is 2. The number of benzene rings is 1. The highest BCUT2D eigenvalue weighted by Crippen LogP contribution is 2.15. The molecule has 132 valence electrons. The van der Waals surface area contributed by atoms with Gasteiger partial charge in [-0.1, -0.05) is 18.2 Å². The van der Waals surface area contributed by atoms with Gasteiger partial charge in [-0.3, -0.25) is 9.59 Å². The first-order valence-electron chi connectivity index (χ1n) is 8.66. The Bertz CT molecular complexity index is 986. The fourth-order valence-electron chi connectivity index (χ4n) is 3.31. The third-order valence-corrected chi connectivity index (χ3v) is 4.65. The maximum absolute atomic E-state index is 12.9. The van der Waals surface area contributed by atoms with Gasteiger partial charge in [-0.15, -0.1) is 5.10 Å². The van der Waals surface area contributed by atoms with Gasteiger partial charge in [-0.05, 0) is 36.1 Å². The van der Waals surface area contributed by atoms with E-state index < -0.39 is 0 Å². The Labute approximate surface area is 150 Å². The number of aromatic nitrogens is 3. The number of amides is 1. The third-order valence-electron chi connectivity index (χ3n) is 4.65. The average molecular weight is 349 g/mol. The lowest BCUT2D eigenvalue weighted by Gasteiger charge is -2.22. The first-order chi connectivity index (χ1) is 12.7. The summed E-state index contributed by atoms with van der Waals surface area (Å²) in [5.41, 5.74) is 0.101. The summed E-state index contributed by atoms with van der Waals surface area (Å²) < 4.78 is 0. The van der Waals surface area contributed by atoms with Crippen molar-refractivity contribution < 1.29 is 4.79 Å². The van der Waals surface area contributed by atoms with Crippen molar-refractivity contribution in [3.8, 4) is 0 Å². The summed E-state index contributed by atoms with van der Waals surface area (Å²) >= 11 is 0. The Morgan fingerprint density at radius 3 is 2.77 bits per heavy atom. The van der Waals surface area contributed by atoms with Gasteiger partial charge in [0.25, 0.3) is 11.5 Å². The molecule has 0 unspecified atom stereocenters. The van der Waals surface area contributed by atoms with Crippen LogP contribution in [0, 0.1) is 0 Å². The van der Waals surface area contributed by atoms with Crippen LogP contribution in [0.1, 0.15) is 16.9 Å². The van der Waals surface area contributed by atoms with E-state index >= 15 is 0 Å². The van der Waals surface area contributed by atoms with Gasteiger partial charge in [0, 0.05) is 37.8 Å². The fraction of sp³-hybridized carbons (Fsp3) is 0.263. The molecule has 0 radical (unpaired) electrons. The smallest absolute Gasteiger partial charge is 0.270 e. The first kappa shape index (κ1) is 16.3. The van der Waals surface area contributed by atoms with Gasteiger partial charge in [0.15, 0.2) is 5.82 Å². The molecule has 0 saturated carbocycles. The van der Waals surface area contributed by atoms with Crippen LogP contribution in [-0.2, 0) is 0 Å². The number of nitrogens with zero attached hydrogens (tertiary/aromatic N) is 4. The summed E-state index contributed by atoms with van der Waals surface area (Å²) in [5.74, 6) is 0.676. The van der Waals surface area contributed by atoms with Gasteiger partial charge in [0.1, 0.15) is 5.69 Å². The second-order valence-electron chi connectivity index (χ2n) is 6.31. The lowest BCUT2D eigenvalue weighted by molar-refractivity contribution is 0.0761. The highest BCUT2D eigenvalue weighted by atomic mass is 16.2. The summed E-state index contributed by atoms with van der Waals surface area (Å²) in [6.45, 7) is 2.72. The van der Waals surface area contributed by atoms with E-state index in [9.17, 15) is 9.59 Å². The highest BCUT2D eigenvalue weighted by Gasteiger charge is 2.22. The molecule has 0 bridgehead atoms. The predicted octanol–water partition coefficient (Wildman–Crippen LogP) is 1.67. The van der Waals surface area contributed by atoms with Crippen LogP contribution in [0.2, 0.25) is 0 Å². The highest BCUT2D eigenvalue weighted by molar-refractivity contribution is 5.96. The van der Waals surface area contributed by atoms with E-state index in [2.05, 4.69) is 20.1 Å². The molecule has 3 aromatic rings. The van der Waals surface area contributed by atoms with E-state index in [0.29, 0.717) is 30.7 Å². The quantitative estimate of drug-likeness (QED) is 0.761. The number of hydrogen-bond donors (Lipinski definition) is 1. The van der Waals surface area contributed by atoms with Crippen molar-refractivity contribution in [3.05, 3.63) is 64.7 Å². The molecule has 1 N–H and O–H groups in total. The standard InChI is InChI=1S/C19H19N5O2/c25-18-15-6-2-1-5-14(15)13-16(21-18)19(26)24-10-4-9-23(11-12-24)17-7-3-8-20-22-17/h1-3,5-8,13H,4,9-12H2,(H,21,25). The largest absolute Gasteiger partial charge is 0.353 e. The Morgan fingerprint density at radius 2 is 1.92 bits per heavy atom. The minimum atomic E-state index is -0.234. The normalized spacial score (nSPS) is 15.1. The lowest BCUT2D eigenvalue weighted by Crippen LogP contribution is -2.36. The Kier molecular flexibility index (Phi) is 4.35. The van der Waals surface area contributed by atoms with Crippen LogP contribution >= 0.6 is 0 Å². The SMILES string of the molecule is O=C(c1cc2ccccc2c(=O)[nH]1)N1CCCN(c2cccnn2)CC1. The Balaban J connectivity index is 1.54. The zero-order valence-corrected chi connectivity index (χ0v) is 14.3. The van der Waals surface area contributed by atoms with Gasteiger partial charge in [0.05, 0.1) is 0 Å². The summed E-state index contributed by atoms with van der Waals surface area (Å²) in [6.07, 6.45) is 2.48. The van der Waals surface area contributed by atoms with Crippen LogP contribution in [0.4, 0.5) is 5.82 Å². The summed E-state index contributed by atoms with van der Waals surface area (Å²) in [4.78, 5) is 31.8. The second-order valence-corrected chi connectivity index (χ2v) is 6.31. The molecule has 1 fully saturated rings. The third kappa shape index (κ3) is 3.15. The molecule has 0 spiro atoms. The number of pyridine rings is 1. The van der Waals surface area contributed by atoms with Crippen LogP contribution in [-0.4, -0.2) is 52.2 Å². The molecule has 1 amide bonds. The molecule has 1 aromatic carbocycles. The molecule has 2 aromatic heterocycles. The molecule has 7 heteroatoms. The monoisotopic (exact) mass is 349 g/mol. The molecule has 7 nitrogen and oxygen atoms in total. The molecule has 26 heavy (non-hydrogen) atoms. The Hall–Kier alpha value is -3.22. The van der Waals surface area contributed by atoms with Crippen LogP contribution in [0.15, 0.2) is 53.5 Å². The molecule has 0 aliphatic carbocycles. The molecule has 1 aliphatic rings. The summed E-state index contributed by atoms with van der Waals surface area (Å²) in [5, 5.41) is 9.43. The molecule has 4 rings (SSSR count). The number of aromatic amines is 1. The van der Waals surface area contributed by atoms with Crippen molar-refractivity contribution in [1.82, 2.24) is 20.1 Å². The van der Waals surface area contributed by atoms with E-state index in [-0.39, 0.29) is 11.5 Å². The maximum atomic E-state index is 12.9. The number of anilines is 1. The molecular weight excluding hydrogens is 330 g/mol. The van der Waals surface area contributed by atoms with Crippen molar-refractivity contribution in [2.75, 3.05) is 31.1 Å². The minimum absolute atomic E-state index is 0.145. The zero-order chi connectivity index (χ0) is 17.9. The molecule has 0 atom stereocenters. The van der Waals surface area contributed by atoms with Crippen molar-refractivity contribution >= 4 is 22.5 Å². The van der Waals surface area contributed by atoms with Gasteiger partial charge in [-0.25, -0.2) is 0 Å². The number of carbonyl (C=O) groups excluding carboxylic acids is 1. The van der Waals surface area contributed by atoms with Crippen LogP contribution in [0.5, 0.6) is 0 Å². The molecule has 1 saturated heterocycles. The van der Waals surface area contributed by atoms with Crippen molar-refractivity contribution in [1.29, 1.82) is 0 Å². The van der Waals surface area contributed by atoms with Crippen LogP contribution in [0.3, 0.4) is 0 Å². The van der Waals surface area contributed by atoms with E-state index in [1.807, 2.05) is 30.3 Å². The van der Waals surface area contributed by atoms with E-state index in [1.54, 1.807) is 23.2 Å². The van der Waals surface area contributed by atoms with Gasteiger partial charge < -0.3 is 14.8 Å². The fourth-order valence-corrected chi connectivity index (χ4v) is 3.31. The first-order valence-corrected chi connectivity index (χ1v) is 8.66. The number of H-pyrrole nitrogens is 1. The van der Waals surface area contributed by atoms with Crippen molar-refractivity contribution in [3.63, 3.8) is 0 Å². The topological polar surface area (TPSA) is 82.2 Å². The second kappa shape index (κ2) is 6.95.